The van der Waals surface area contributed by atoms with E-state index in [9.17, 15) is 9.59 Å². The molecule has 6 nitrogen and oxygen atoms in total. The van der Waals surface area contributed by atoms with Crippen molar-refractivity contribution in [1.82, 2.24) is 9.97 Å². The number of carbonyl (C=O) groups excluding carboxylic acids is 2. The van der Waals surface area contributed by atoms with E-state index in [0.717, 1.165) is 23.4 Å². The lowest BCUT2D eigenvalue weighted by molar-refractivity contribution is -0.115. The molecule has 0 spiro atoms. The van der Waals surface area contributed by atoms with Crippen LogP contribution in [0.5, 0.6) is 0 Å². The summed E-state index contributed by atoms with van der Waals surface area (Å²) in [6.07, 6.45) is 4.53. The lowest BCUT2D eigenvalue weighted by Gasteiger charge is -2.12. The quantitative estimate of drug-likeness (QED) is 0.390. The standard InChI is InChI=1S/C23H23ClN4O2/c1-15(2)11-27-21-7-6-19(9-20(21)24)28-23(30)10-22(29)17-5-3-4-16(8-17)18-12-25-14-26-13-18/h3-9,12-15,27H,10-11H2,1-2H3,(H,28,30). The Bertz CT molecular complexity index is 1040. The second kappa shape index (κ2) is 9.98. The van der Waals surface area contributed by atoms with Crippen LogP contribution in [0.15, 0.2) is 61.2 Å². The highest BCUT2D eigenvalue weighted by atomic mass is 35.5. The zero-order valence-corrected chi connectivity index (χ0v) is 17.6. The molecule has 0 saturated heterocycles. The van der Waals surface area contributed by atoms with Gasteiger partial charge in [-0.1, -0.05) is 43.6 Å². The molecule has 0 aliphatic heterocycles. The Morgan fingerprint density at radius 3 is 2.50 bits per heavy atom. The van der Waals surface area contributed by atoms with Gasteiger partial charge in [0.15, 0.2) is 5.78 Å². The van der Waals surface area contributed by atoms with Gasteiger partial charge >= 0.3 is 0 Å². The molecule has 2 N–H and O–H groups in total. The first-order valence-electron chi connectivity index (χ1n) is 9.64. The van der Waals surface area contributed by atoms with Gasteiger partial charge in [-0.05, 0) is 35.7 Å². The van der Waals surface area contributed by atoms with Crippen LogP contribution in [-0.2, 0) is 4.79 Å². The number of hydrogen-bond donors (Lipinski definition) is 2. The van der Waals surface area contributed by atoms with Gasteiger partial charge in [0.2, 0.25) is 5.91 Å². The Morgan fingerprint density at radius 1 is 1.03 bits per heavy atom. The number of Topliss-reactive ketones (excluding diaryl/α,β-unsaturated/α-hetero) is 1. The molecule has 1 amide bonds. The van der Waals surface area contributed by atoms with Crippen molar-refractivity contribution in [2.45, 2.75) is 20.3 Å². The van der Waals surface area contributed by atoms with E-state index in [1.807, 2.05) is 12.1 Å². The summed E-state index contributed by atoms with van der Waals surface area (Å²) in [5.41, 5.74) is 3.43. The summed E-state index contributed by atoms with van der Waals surface area (Å²) in [5, 5.41) is 6.50. The fourth-order valence-corrected chi connectivity index (χ4v) is 3.07. The van der Waals surface area contributed by atoms with Crippen LogP contribution in [0, 0.1) is 5.92 Å². The molecule has 3 rings (SSSR count). The summed E-state index contributed by atoms with van der Waals surface area (Å²) < 4.78 is 0. The highest BCUT2D eigenvalue weighted by Gasteiger charge is 2.14. The van der Waals surface area contributed by atoms with E-state index < -0.39 is 5.91 Å². The summed E-state index contributed by atoms with van der Waals surface area (Å²) in [6.45, 7) is 5.01. The minimum Gasteiger partial charge on any atom is -0.384 e. The van der Waals surface area contributed by atoms with Crippen molar-refractivity contribution in [2.24, 2.45) is 5.92 Å². The summed E-state index contributed by atoms with van der Waals surface area (Å²) in [5.74, 6) is -0.181. The molecule has 3 aromatic rings. The van der Waals surface area contributed by atoms with Crippen LogP contribution in [0.25, 0.3) is 11.1 Å². The topological polar surface area (TPSA) is 84.0 Å². The van der Waals surface area contributed by atoms with E-state index in [1.54, 1.807) is 42.7 Å². The van der Waals surface area contributed by atoms with Gasteiger partial charge in [0.05, 0.1) is 17.1 Å². The van der Waals surface area contributed by atoms with Gasteiger partial charge in [-0.15, -0.1) is 0 Å². The molecule has 30 heavy (non-hydrogen) atoms. The number of aromatic nitrogens is 2. The first-order chi connectivity index (χ1) is 14.4. The normalized spacial score (nSPS) is 10.7. The predicted octanol–water partition coefficient (Wildman–Crippen LogP) is 5.08. The zero-order valence-electron chi connectivity index (χ0n) is 16.9. The highest BCUT2D eigenvalue weighted by molar-refractivity contribution is 6.33. The monoisotopic (exact) mass is 422 g/mol. The SMILES string of the molecule is CC(C)CNc1ccc(NC(=O)CC(=O)c2cccc(-c3cncnc3)c2)cc1Cl. The van der Waals surface area contributed by atoms with Gasteiger partial charge in [-0.2, -0.15) is 0 Å². The first kappa shape index (κ1) is 21.5. The Hall–Kier alpha value is -3.25. The Morgan fingerprint density at radius 2 is 1.80 bits per heavy atom. The van der Waals surface area contributed by atoms with Gasteiger partial charge in [-0.3, -0.25) is 9.59 Å². The van der Waals surface area contributed by atoms with Crippen molar-refractivity contribution in [1.29, 1.82) is 0 Å². The number of hydrogen-bond acceptors (Lipinski definition) is 5. The van der Waals surface area contributed by atoms with E-state index in [1.165, 1.54) is 6.33 Å². The van der Waals surface area contributed by atoms with Crippen molar-refractivity contribution in [3.8, 4) is 11.1 Å². The van der Waals surface area contributed by atoms with Crippen LogP contribution in [0.3, 0.4) is 0 Å². The third kappa shape index (κ3) is 5.87. The number of anilines is 2. The number of amides is 1. The predicted molar refractivity (Wildman–Crippen MR) is 120 cm³/mol. The maximum absolute atomic E-state index is 12.6. The maximum atomic E-state index is 12.6. The van der Waals surface area contributed by atoms with Crippen LogP contribution < -0.4 is 10.6 Å². The smallest absolute Gasteiger partial charge is 0.232 e. The van der Waals surface area contributed by atoms with Gasteiger partial charge in [0.1, 0.15) is 6.33 Å². The van der Waals surface area contributed by atoms with E-state index in [4.69, 9.17) is 11.6 Å². The van der Waals surface area contributed by atoms with Gasteiger partial charge < -0.3 is 10.6 Å². The van der Waals surface area contributed by atoms with Crippen molar-refractivity contribution >= 4 is 34.7 Å². The second-order valence-electron chi connectivity index (χ2n) is 7.33. The molecule has 1 heterocycles. The van der Waals surface area contributed by atoms with Crippen LogP contribution in [0.1, 0.15) is 30.6 Å². The highest BCUT2D eigenvalue weighted by Crippen LogP contribution is 2.26. The number of carbonyl (C=O) groups is 2. The minimum absolute atomic E-state index is 0.264. The molecule has 0 bridgehead atoms. The molecule has 7 heteroatoms. The molecule has 0 fully saturated rings. The number of nitrogens with one attached hydrogen (secondary N) is 2. The Balaban J connectivity index is 1.62. The molecule has 0 aliphatic carbocycles. The van der Waals surface area contributed by atoms with Crippen LogP contribution in [0.2, 0.25) is 5.02 Å². The van der Waals surface area contributed by atoms with Crippen molar-refractivity contribution in [3.05, 3.63) is 71.8 Å². The molecular weight excluding hydrogens is 400 g/mol. The van der Waals surface area contributed by atoms with E-state index in [0.29, 0.717) is 22.2 Å². The van der Waals surface area contributed by atoms with Crippen molar-refractivity contribution in [3.63, 3.8) is 0 Å². The average Bonchev–Trinajstić information content (AvgIpc) is 2.73. The molecule has 0 unspecified atom stereocenters. The van der Waals surface area contributed by atoms with E-state index >= 15 is 0 Å². The molecule has 0 atom stereocenters. The summed E-state index contributed by atoms with van der Waals surface area (Å²) in [6, 6.07) is 12.3. The first-order valence-corrected chi connectivity index (χ1v) is 10.0. The third-order valence-electron chi connectivity index (χ3n) is 4.35. The summed E-state index contributed by atoms with van der Waals surface area (Å²) >= 11 is 6.28. The largest absolute Gasteiger partial charge is 0.384 e. The van der Waals surface area contributed by atoms with Gasteiger partial charge in [-0.25, -0.2) is 9.97 Å². The molecule has 2 aromatic carbocycles. The fraction of sp³-hybridized carbons (Fsp3) is 0.217. The third-order valence-corrected chi connectivity index (χ3v) is 4.67. The van der Waals surface area contributed by atoms with Crippen molar-refractivity contribution < 1.29 is 9.59 Å². The lowest BCUT2D eigenvalue weighted by Crippen LogP contribution is -2.16. The lowest BCUT2D eigenvalue weighted by atomic mass is 10.0. The zero-order chi connectivity index (χ0) is 21.5. The Labute approximate surface area is 180 Å². The number of nitrogens with zero attached hydrogens (tertiary/aromatic N) is 2. The number of ketones is 1. The summed E-state index contributed by atoms with van der Waals surface area (Å²) in [4.78, 5) is 32.9. The molecule has 0 saturated carbocycles. The molecule has 1 aromatic heterocycles. The van der Waals surface area contributed by atoms with E-state index in [2.05, 4.69) is 34.4 Å². The van der Waals surface area contributed by atoms with Gasteiger partial charge in [0.25, 0.3) is 0 Å². The fourth-order valence-electron chi connectivity index (χ4n) is 2.82. The molecule has 154 valence electrons. The van der Waals surface area contributed by atoms with Crippen molar-refractivity contribution in [2.75, 3.05) is 17.2 Å². The van der Waals surface area contributed by atoms with Crippen LogP contribution in [-0.4, -0.2) is 28.2 Å². The van der Waals surface area contributed by atoms with E-state index in [-0.39, 0.29) is 12.2 Å². The minimum atomic E-state index is -0.396. The maximum Gasteiger partial charge on any atom is 0.232 e. The van der Waals surface area contributed by atoms with Crippen LogP contribution in [0.4, 0.5) is 11.4 Å². The summed E-state index contributed by atoms with van der Waals surface area (Å²) in [7, 11) is 0. The number of benzene rings is 2. The van der Waals surface area contributed by atoms with Gasteiger partial charge in [0, 0.05) is 35.8 Å². The van der Waals surface area contributed by atoms with Crippen LogP contribution >= 0.6 is 11.6 Å². The molecule has 0 aliphatic rings. The second-order valence-corrected chi connectivity index (χ2v) is 7.73. The average molecular weight is 423 g/mol. The number of rotatable bonds is 8. The molecule has 0 radical (unpaired) electrons. The Kier molecular flexibility index (Phi) is 7.14. The molecular formula is C23H23ClN4O2. The number of halogens is 1.